The van der Waals surface area contributed by atoms with E-state index in [2.05, 4.69) is 78.5 Å². The van der Waals surface area contributed by atoms with Gasteiger partial charge in [-0.25, -0.2) is 8.70 Å². The monoisotopic (exact) mass is 575 g/mol. The van der Waals surface area contributed by atoms with Crippen LogP contribution in [-0.4, -0.2) is 45.6 Å². The summed E-state index contributed by atoms with van der Waals surface area (Å²) in [5, 5.41) is 14.5. The van der Waals surface area contributed by atoms with Gasteiger partial charge in [-0.3, -0.25) is 0 Å². The predicted molar refractivity (Wildman–Crippen MR) is 166 cm³/mol. The number of hydrogen-bond acceptors (Lipinski definition) is 6. The molecule has 40 heavy (non-hydrogen) atoms. The number of halogens is 1. The number of rotatable bonds is 5. The van der Waals surface area contributed by atoms with Crippen molar-refractivity contribution in [3.05, 3.63) is 77.6 Å². The molecule has 6 rings (SSSR count). The Labute approximate surface area is 246 Å². The molecule has 0 atom stereocenters. The number of benzene rings is 3. The van der Waals surface area contributed by atoms with Crippen molar-refractivity contribution in [1.82, 2.24) is 4.31 Å². The quantitative estimate of drug-likeness (QED) is 0.146. The minimum absolute atomic E-state index is 0.101. The van der Waals surface area contributed by atoms with Crippen LogP contribution in [0.25, 0.3) is 11.1 Å². The summed E-state index contributed by atoms with van der Waals surface area (Å²) in [6, 6.07) is 20.0. The van der Waals surface area contributed by atoms with Gasteiger partial charge in [0.15, 0.2) is 0 Å². The number of oxime groups is 1. The van der Waals surface area contributed by atoms with E-state index >= 15 is 0 Å². The van der Waals surface area contributed by atoms with Crippen molar-refractivity contribution < 1.29 is 9.60 Å². The predicted octanol–water partition coefficient (Wildman–Crippen LogP) is 8.70. The normalized spacial score (nSPS) is 21.4. The van der Waals surface area contributed by atoms with Gasteiger partial charge < -0.3 is 10.1 Å². The molecule has 0 aromatic heterocycles. The smallest absolute Gasteiger partial charge is 0.123 e. The molecule has 2 fully saturated rings. The second kappa shape index (κ2) is 10.7. The molecule has 0 radical (unpaired) electrons. The van der Waals surface area contributed by atoms with Crippen molar-refractivity contribution in [2.45, 2.75) is 74.0 Å². The van der Waals surface area contributed by atoms with Gasteiger partial charge in [-0.05, 0) is 117 Å². The van der Waals surface area contributed by atoms with E-state index in [1.165, 1.54) is 42.7 Å². The number of nitrogens with zero attached hydrogens (tertiary/aromatic N) is 3. The van der Waals surface area contributed by atoms with Gasteiger partial charge in [0.1, 0.15) is 11.5 Å². The Bertz CT molecular complexity index is 1430. The molecule has 0 spiro atoms. The van der Waals surface area contributed by atoms with Crippen LogP contribution in [0.1, 0.15) is 64.5 Å². The Morgan fingerprint density at radius 3 is 2.08 bits per heavy atom. The Kier molecular flexibility index (Phi) is 7.43. The fourth-order valence-corrected chi connectivity index (χ4v) is 8.75. The van der Waals surface area contributed by atoms with Crippen molar-refractivity contribution in [3.63, 3.8) is 0 Å². The molecule has 4 nitrogen and oxygen atoms in total. The summed E-state index contributed by atoms with van der Waals surface area (Å²) < 4.78 is 15.9. The number of hydrogen-bond donors (Lipinski definition) is 1. The average Bonchev–Trinajstić information content (AvgIpc) is 3.22. The summed E-state index contributed by atoms with van der Waals surface area (Å²) in [5.41, 5.74) is 6.38. The molecule has 0 unspecified atom stereocenters. The first-order valence-electron chi connectivity index (χ1n) is 14.3. The molecular weight excluding hydrogens is 538 g/mol. The van der Waals surface area contributed by atoms with E-state index in [4.69, 9.17) is 0 Å². The highest BCUT2D eigenvalue weighted by molar-refractivity contribution is 8.00. The van der Waals surface area contributed by atoms with E-state index in [1.807, 2.05) is 23.9 Å². The van der Waals surface area contributed by atoms with E-state index < -0.39 is 0 Å². The molecule has 0 bridgehead atoms. The standard InChI is InChI=1S/C33H38FN3OS2/c1-32(2)15-13-24(14-16-32)39-25-9-11-27-28-12-10-26(20-30(28)31(35-38)29(27)19-25)40-36-17-18-37(33(3,4)21-36)23-7-5-22(34)6-8-23/h5-12,19-20,24,38H,13-18,21H2,1-4H3/b35-31-. The summed E-state index contributed by atoms with van der Waals surface area (Å²) in [6.07, 6.45) is 5.07. The third kappa shape index (κ3) is 5.53. The van der Waals surface area contributed by atoms with Crippen molar-refractivity contribution in [3.8, 4) is 11.1 Å². The largest absolute Gasteiger partial charge is 0.410 e. The minimum Gasteiger partial charge on any atom is -0.410 e. The molecule has 1 N–H and O–H groups in total. The van der Waals surface area contributed by atoms with E-state index in [-0.39, 0.29) is 11.4 Å². The van der Waals surface area contributed by atoms with Gasteiger partial charge in [-0.1, -0.05) is 31.1 Å². The summed E-state index contributed by atoms with van der Waals surface area (Å²) in [4.78, 5) is 4.76. The number of anilines is 1. The van der Waals surface area contributed by atoms with Crippen molar-refractivity contribution in [1.29, 1.82) is 0 Å². The van der Waals surface area contributed by atoms with Gasteiger partial charge in [0.25, 0.3) is 0 Å². The molecule has 7 heteroatoms. The zero-order valence-electron chi connectivity index (χ0n) is 23.8. The highest BCUT2D eigenvalue weighted by Gasteiger charge is 2.35. The molecule has 1 saturated carbocycles. The van der Waals surface area contributed by atoms with Crippen LogP contribution in [0, 0.1) is 11.2 Å². The molecule has 1 saturated heterocycles. The zero-order chi connectivity index (χ0) is 28.1. The Hall–Kier alpha value is -2.48. The van der Waals surface area contributed by atoms with Crippen LogP contribution in [-0.2, 0) is 0 Å². The van der Waals surface area contributed by atoms with Crippen LogP contribution in [0.2, 0.25) is 0 Å². The topological polar surface area (TPSA) is 39.1 Å². The van der Waals surface area contributed by atoms with Crippen LogP contribution in [0.4, 0.5) is 10.1 Å². The van der Waals surface area contributed by atoms with E-state index in [0.717, 1.165) is 52.5 Å². The lowest BCUT2D eigenvalue weighted by Gasteiger charge is -2.48. The molecule has 1 aliphatic heterocycles. The summed E-state index contributed by atoms with van der Waals surface area (Å²) >= 11 is 3.73. The Morgan fingerprint density at radius 2 is 1.45 bits per heavy atom. The first-order chi connectivity index (χ1) is 19.1. The van der Waals surface area contributed by atoms with Crippen LogP contribution in [0.5, 0.6) is 0 Å². The Balaban J connectivity index is 1.16. The maximum atomic E-state index is 13.5. The summed E-state index contributed by atoms with van der Waals surface area (Å²) in [5.74, 6) is -0.205. The third-order valence-electron chi connectivity index (χ3n) is 8.71. The van der Waals surface area contributed by atoms with E-state index in [1.54, 1.807) is 11.9 Å². The first kappa shape index (κ1) is 27.7. The summed E-state index contributed by atoms with van der Waals surface area (Å²) in [6.45, 7) is 11.9. The van der Waals surface area contributed by atoms with Crippen LogP contribution < -0.4 is 4.90 Å². The number of piperazine rings is 1. The van der Waals surface area contributed by atoms with Crippen molar-refractivity contribution in [2.24, 2.45) is 10.6 Å². The van der Waals surface area contributed by atoms with Crippen LogP contribution >= 0.6 is 23.7 Å². The van der Waals surface area contributed by atoms with Gasteiger partial charge >= 0.3 is 0 Å². The number of fused-ring (bicyclic) bond motifs is 3. The first-order valence-corrected chi connectivity index (χ1v) is 15.9. The molecule has 210 valence electrons. The van der Waals surface area contributed by atoms with Crippen molar-refractivity contribution in [2.75, 3.05) is 24.5 Å². The average molecular weight is 576 g/mol. The lowest BCUT2D eigenvalue weighted by Crippen LogP contribution is -2.57. The van der Waals surface area contributed by atoms with Crippen LogP contribution in [0.15, 0.2) is 75.6 Å². The number of thioether (sulfide) groups is 1. The molecule has 0 amide bonds. The molecule has 3 aromatic carbocycles. The minimum atomic E-state index is -0.205. The highest BCUT2D eigenvalue weighted by atomic mass is 32.2. The molecular formula is C33H38FN3OS2. The van der Waals surface area contributed by atoms with Gasteiger partial charge in [-0.15, -0.1) is 11.8 Å². The van der Waals surface area contributed by atoms with Gasteiger partial charge in [-0.2, -0.15) is 0 Å². The molecule has 3 aliphatic rings. The maximum absolute atomic E-state index is 13.5. The molecule has 2 aliphatic carbocycles. The van der Waals surface area contributed by atoms with Crippen molar-refractivity contribution >= 4 is 35.1 Å². The second-order valence-corrected chi connectivity index (χ2v) is 15.3. The van der Waals surface area contributed by atoms with Gasteiger partial charge in [0, 0.05) is 57.0 Å². The fourth-order valence-electron chi connectivity index (χ4n) is 6.41. The fraction of sp³-hybridized carbons (Fsp3) is 0.424. The maximum Gasteiger partial charge on any atom is 0.123 e. The van der Waals surface area contributed by atoms with E-state index in [9.17, 15) is 9.60 Å². The second-order valence-electron chi connectivity index (χ2n) is 12.7. The summed E-state index contributed by atoms with van der Waals surface area (Å²) in [7, 11) is 0. The SMILES string of the molecule is CC1(C)CCC(Sc2ccc3c(c2)/C(=N/O)c2cc(SN4CCN(c5ccc(F)cc5)C(C)(C)C4)ccc2-3)CC1. The van der Waals surface area contributed by atoms with Crippen LogP contribution in [0.3, 0.4) is 0 Å². The lowest BCUT2D eigenvalue weighted by molar-refractivity contribution is 0.249. The lowest BCUT2D eigenvalue weighted by atomic mass is 9.77. The third-order valence-corrected chi connectivity index (χ3v) is 11.1. The highest BCUT2D eigenvalue weighted by Crippen LogP contribution is 2.45. The zero-order valence-corrected chi connectivity index (χ0v) is 25.4. The molecule has 1 heterocycles. The molecule has 3 aromatic rings. The van der Waals surface area contributed by atoms with E-state index in [0.29, 0.717) is 16.4 Å². The van der Waals surface area contributed by atoms with Gasteiger partial charge in [0.2, 0.25) is 0 Å². The Morgan fingerprint density at radius 1 is 0.825 bits per heavy atom. The van der Waals surface area contributed by atoms with Gasteiger partial charge in [0.05, 0.1) is 0 Å².